The van der Waals surface area contributed by atoms with Gasteiger partial charge in [0.2, 0.25) is 0 Å². The van der Waals surface area contributed by atoms with Crippen molar-refractivity contribution in [3.63, 3.8) is 0 Å². The van der Waals surface area contributed by atoms with E-state index >= 15 is 0 Å². The lowest BCUT2D eigenvalue weighted by molar-refractivity contribution is 0.0691. The van der Waals surface area contributed by atoms with Gasteiger partial charge in [-0.05, 0) is 55.9 Å². The van der Waals surface area contributed by atoms with Crippen LogP contribution in [0.1, 0.15) is 47.7 Å². The molecule has 138 valence electrons. The predicted molar refractivity (Wildman–Crippen MR) is 101 cm³/mol. The summed E-state index contributed by atoms with van der Waals surface area (Å²) in [6.45, 7) is 5.94. The van der Waals surface area contributed by atoms with Gasteiger partial charge in [-0.1, -0.05) is 13.0 Å². The average Bonchev–Trinajstić information content (AvgIpc) is 2.61. The third kappa shape index (κ3) is 3.19. The monoisotopic (exact) mass is 356 g/mol. The van der Waals surface area contributed by atoms with Gasteiger partial charge in [-0.2, -0.15) is 0 Å². The molecule has 1 saturated heterocycles. The van der Waals surface area contributed by atoms with Crippen LogP contribution in [0.15, 0.2) is 23.0 Å². The van der Waals surface area contributed by atoms with Crippen molar-refractivity contribution in [2.24, 2.45) is 0 Å². The largest absolute Gasteiger partial charge is 0.506 e. The fourth-order valence-electron chi connectivity index (χ4n) is 3.72. The van der Waals surface area contributed by atoms with Crippen molar-refractivity contribution in [1.82, 2.24) is 4.98 Å². The minimum Gasteiger partial charge on any atom is -0.506 e. The lowest BCUT2D eigenvalue weighted by atomic mass is 9.98. The summed E-state index contributed by atoms with van der Waals surface area (Å²) in [5.41, 5.74) is 2.56. The SMILES string of the molecule is CCc1c(-c2ccc(N3CCCCC3)c(C)c2)[nH]c(=O)c(C(=O)O)c1O. The molecule has 1 aromatic heterocycles. The van der Waals surface area contributed by atoms with E-state index in [2.05, 4.69) is 9.88 Å². The number of nitrogens with zero attached hydrogens (tertiary/aromatic N) is 1. The molecular weight excluding hydrogens is 332 g/mol. The lowest BCUT2D eigenvalue weighted by Gasteiger charge is -2.30. The van der Waals surface area contributed by atoms with Gasteiger partial charge in [-0.25, -0.2) is 4.79 Å². The van der Waals surface area contributed by atoms with Gasteiger partial charge in [0.15, 0.2) is 5.56 Å². The molecule has 0 atom stereocenters. The van der Waals surface area contributed by atoms with Gasteiger partial charge in [0.1, 0.15) is 5.75 Å². The van der Waals surface area contributed by atoms with Crippen molar-refractivity contribution in [3.8, 4) is 17.0 Å². The van der Waals surface area contributed by atoms with Gasteiger partial charge >= 0.3 is 5.97 Å². The molecule has 2 heterocycles. The second kappa shape index (κ2) is 7.23. The number of aryl methyl sites for hydroxylation is 1. The molecule has 0 unspecified atom stereocenters. The summed E-state index contributed by atoms with van der Waals surface area (Å²) in [7, 11) is 0. The number of benzene rings is 1. The predicted octanol–water partition coefficient (Wildman–Crippen LogP) is 3.31. The van der Waals surface area contributed by atoms with Crippen molar-refractivity contribution in [3.05, 3.63) is 45.2 Å². The third-order valence-electron chi connectivity index (χ3n) is 5.04. The van der Waals surface area contributed by atoms with Crippen LogP contribution in [-0.4, -0.2) is 34.3 Å². The number of aromatic nitrogens is 1. The summed E-state index contributed by atoms with van der Waals surface area (Å²) < 4.78 is 0. The Labute approximate surface area is 152 Å². The number of hydrogen-bond donors (Lipinski definition) is 3. The highest BCUT2D eigenvalue weighted by molar-refractivity contribution is 5.92. The van der Waals surface area contributed by atoms with Crippen molar-refractivity contribution in [2.45, 2.75) is 39.5 Å². The maximum absolute atomic E-state index is 12.1. The molecule has 1 aliphatic heterocycles. The fourth-order valence-corrected chi connectivity index (χ4v) is 3.72. The molecule has 6 heteroatoms. The first-order valence-electron chi connectivity index (χ1n) is 9.01. The summed E-state index contributed by atoms with van der Waals surface area (Å²) in [6, 6.07) is 5.94. The summed E-state index contributed by atoms with van der Waals surface area (Å²) in [4.78, 5) is 28.4. The van der Waals surface area contributed by atoms with Gasteiger partial charge < -0.3 is 20.1 Å². The molecule has 0 aliphatic carbocycles. The number of carboxylic acids is 1. The fraction of sp³-hybridized carbons (Fsp3) is 0.400. The van der Waals surface area contributed by atoms with Crippen LogP contribution in [0, 0.1) is 6.92 Å². The Morgan fingerprint density at radius 2 is 1.92 bits per heavy atom. The smallest absolute Gasteiger partial charge is 0.345 e. The first-order valence-corrected chi connectivity index (χ1v) is 9.01. The number of carbonyl (C=O) groups is 1. The summed E-state index contributed by atoms with van der Waals surface area (Å²) in [6.07, 6.45) is 4.06. The first-order chi connectivity index (χ1) is 12.4. The number of piperidine rings is 1. The van der Waals surface area contributed by atoms with Crippen LogP contribution in [0.4, 0.5) is 5.69 Å². The van der Waals surface area contributed by atoms with E-state index < -0.39 is 22.8 Å². The molecule has 1 aliphatic rings. The van der Waals surface area contributed by atoms with Crippen LogP contribution in [0.25, 0.3) is 11.3 Å². The first kappa shape index (κ1) is 18.0. The zero-order chi connectivity index (χ0) is 18.8. The van der Waals surface area contributed by atoms with Gasteiger partial charge in [-0.3, -0.25) is 4.79 Å². The second-order valence-corrected chi connectivity index (χ2v) is 6.74. The maximum Gasteiger partial charge on any atom is 0.345 e. The third-order valence-corrected chi connectivity index (χ3v) is 5.04. The Kier molecular flexibility index (Phi) is 5.02. The van der Waals surface area contributed by atoms with Gasteiger partial charge in [0.25, 0.3) is 5.56 Å². The molecule has 3 rings (SSSR count). The number of aromatic carboxylic acids is 1. The number of pyridine rings is 1. The Bertz CT molecular complexity index is 895. The standard InChI is InChI=1S/C20H24N2O4/c1-3-14-17(21-19(24)16(18(14)23)20(25)26)13-7-8-15(12(2)11-13)22-9-5-4-6-10-22/h7-8,11H,3-6,9-10H2,1-2H3,(H,25,26)(H2,21,23,24). The molecule has 0 amide bonds. The highest BCUT2D eigenvalue weighted by Crippen LogP contribution is 2.33. The molecule has 1 fully saturated rings. The van der Waals surface area contributed by atoms with E-state index in [0.29, 0.717) is 17.7 Å². The molecule has 1 aromatic carbocycles. The van der Waals surface area contributed by atoms with Gasteiger partial charge in [-0.15, -0.1) is 0 Å². The summed E-state index contributed by atoms with van der Waals surface area (Å²) in [5, 5.41) is 19.5. The van der Waals surface area contributed by atoms with Crippen molar-refractivity contribution in [2.75, 3.05) is 18.0 Å². The van der Waals surface area contributed by atoms with Crippen LogP contribution < -0.4 is 10.5 Å². The van der Waals surface area contributed by atoms with E-state index in [1.54, 1.807) is 0 Å². The Balaban J connectivity index is 2.08. The van der Waals surface area contributed by atoms with Gasteiger partial charge in [0, 0.05) is 24.3 Å². The Hall–Kier alpha value is -2.76. The highest BCUT2D eigenvalue weighted by atomic mass is 16.4. The molecule has 3 N–H and O–H groups in total. The normalized spacial score (nSPS) is 14.5. The van der Waals surface area contributed by atoms with Crippen molar-refractivity contribution >= 4 is 11.7 Å². The molecular formula is C20H24N2O4. The summed E-state index contributed by atoms with van der Waals surface area (Å²) in [5.74, 6) is -1.88. The quantitative estimate of drug-likeness (QED) is 0.781. The number of H-pyrrole nitrogens is 1. The van der Waals surface area contributed by atoms with Crippen LogP contribution >= 0.6 is 0 Å². The van der Waals surface area contributed by atoms with E-state index in [0.717, 1.165) is 24.2 Å². The molecule has 0 saturated carbocycles. The number of anilines is 1. The Morgan fingerprint density at radius 3 is 2.50 bits per heavy atom. The average molecular weight is 356 g/mol. The minimum absolute atomic E-state index is 0.408. The second-order valence-electron chi connectivity index (χ2n) is 6.74. The van der Waals surface area contributed by atoms with E-state index in [1.165, 1.54) is 24.9 Å². The summed E-state index contributed by atoms with van der Waals surface area (Å²) >= 11 is 0. The van der Waals surface area contributed by atoms with Crippen molar-refractivity contribution < 1.29 is 15.0 Å². The lowest BCUT2D eigenvalue weighted by Crippen LogP contribution is -2.29. The molecule has 2 aromatic rings. The minimum atomic E-state index is -1.43. The number of aromatic hydroxyl groups is 1. The van der Waals surface area contributed by atoms with E-state index in [-0.39, 0.29) is 0 Å². The molecule has 0 bridgehead atoms. The zero-order valence-corrected chi connectivity index (χ0v) is 15.1. The van der Waals surface area contributed by atoms with E-state index in [4.69, 9.17) is 5.11 Å². The number of carboxylic acid groups (broad SMARTS) is 1. The van der Waals surface area contributed by atoms with Crippen LogP contribution in [0.2, 0.25) is 0 Å². The van der Waals surface area contributed by atoms with Crippen molar-refractivity contribution in [1.29, 1.82) is 0 Å². The van der Waals surface area contributed by atoms with Crippen LogP contribution in [-0.2, 0) is 6.42 Å². The van der Waals surface area contributed by atoms with E-state index in [9.17, 15) is 14.7 Å². The topological polar surface area (TPSA) is 93.6 Å². The highest BCUT2D eigenvalue weighted by Gasteiger charge is 2.22. The maximum atomic E-state index is 12.1. The number of nitrogens with one attached hydrogen (secondary N) is 1. The van der Waals surface area contributed by atoms with Crippen LogP contribution in [0.5, 0.6) is 5.75 Å². The number of hydrogen-bond acceptors (Lipinski definition) is 4. The molecule has 26 heavy (non-hydrogen) atoms. The number of aromatic amines is 1. The van der Waals surface area contributed by atoms with Gasteiger partial charge in [0.05, 0.1) is 5.69 Å². The van der Waals surface area contributed by atoms with E-state index in [1.807, 2.05) is 32.0 Å². The molecule has 6 nitrogen and oxygen atoms in total. The Morgan fingerprint density at radius 1 is 1.23 bits per heavy atom. The molecule has 0 radical (unpaired) electrons. The number of rotatable bonds is 4. The van der Waals surface area contributed by atoms with Crippen LogP contribution in [0.3, 0.4) is 0 Å². The zero-order valence-electron chi connectivity index (χ0n) is 15.1. The molecule has 0 spiro atoms.